The molecule has 186 valence electrons. The second-order valence-electron chi connectivity index (χ2n) is 9.59. The van der Waals surface area contributed by atoms with Gasteiger partial charge in [0.1, 0.15) is 5.54 Å². The van der Waals surface area contributed by atoms with Gasteiger partial charge in [-0.1, -0.05) is 41.4 Å². The van der Waals surface area contributed by atoms with Crippen molar-refractivity contribution in [1.82, 2.24) is 9.80 Å². The molecule has 0 bridgehead atoms. The Balaban J connectivity index is 1.71. The summed E-state index contributed by atoms with van der Waals surface area (Å²) in [6, 6.07) is 12.7. The normalized spacial score (nSPS) is 20.3. The van der Waals surface area contributed by atoms with E-state index in [1.54, 1.807) is 23.1 Å². The zero-order valence-corrected chi connectivity index (χ0v) is 21.4. The number of halogens is 2. The number of nitrogens with zero attached hydrogens (tertiary/aromatic N) is 2. The first kappa shape index (κ1) is 25.5. The monoisotopic (exact) mass is 516 g/mol. The highest BCUT2D eigenvalue weighted by Crippen LogP contribution is 2.45. The molecule has 3 amide bonds. The molecule has 0 spiro atoms. The molecule has 9 heteroatoms. The summed E-state index contributed by atoms with van der Waals surface area (Å²) in [7, 11) is 0. The maximum absolute atomic E-state index is 13.8. The molecule has 2 aromatic rings. The fourth-order valence-electron chi connectivity index (χ4n) is 5.25. The third kappa shape index (κ3) is 5.03. The van der Waals surface area contributed by atoms with Crippen LogP contribution in [-0.4, -0.2) is 53.2 Å². The van der Waals surface area contributed by atoms with Crippen LogP contribution in [0.25, 0.3) is 0 Å². The number of carbonyl (C=O) groups is 3. The molecule has 0 saturated carbocycles. The molecular formula is C26H30Cl2N4O3. The minimum absolute atomic E-state index is 0.0506. The number of anilines is 1. The van der Waals surface area contributed by atoms with Gasteiger partial charge in [-0.15, -0.1) is 0 Å². The van der Waals surface area contributed by atoms with Crippen molar-refractivity contribution in [3.05, 3.63) is 63.6 Å². The Bertz CT molecular complexity index is 1150. The molecule has 0 aliphatic carbocycles. The number of rotatable bonds is 7. The van der Waals surface area contributed by atoms with E-state index in [9.17, 15) is 14.4 Å². The van der Waals surface area contributed by atoms with Crippen LogP contribution < -0.4 is 11.1 Å². The average molecular weight is 517 g/mol. The van der Waals surface area contributed by atoms with E-state index in [1.165, 1.54) is 0 Å². The topological polar surface area (TPSA) is 95.7 Å². The molecule has 1 unspecified atom stereocenters. The summed E-state index contributed by atoms with van der Waals surface area (Å²) >= 11 is 12.5. The predicted molar refractivity (Wildman–Crippen MR) is 137 cm³/mol. The van der Waals surface area contributed by atoms with Crippen LogP contribution in [0.3, 0.4) is 0 Å². The van der Waals surface area contributed by atoms with Gasteiger partial charge in [0.25, 0.3) is 0 Å². The zero-order chi connectivity index (χ0) is 25.3. The number of piperidine rings is 1. The van der Waals surface area contributed by atoms with Gasteiger partial charge < -0.3 is 16.0 Å². The van der Waals surface area contributed by atoms with Crippen LogP contribution in [0.5, 0.6) is 0 Å². The van der Waals surface area contributed by atoms with Crippen LogP contribution in [0.1, 0.15) is 37.8 Å². The Hall–Kier alpha value is -2.61. The number of hydrogen-bond acceptors (Lipinski definition) is 4. The van der Waals surface area contributed by atoms with Gasteiger partial charge in [-0.25, -0.2) is 0 Å². The number of amides is 3. The van der Waals surface area contributed by atoms with E-state index in [1.807, 2.05) is 43.0 Å². The third-order valence-electron chi connectivity index (χ3n) is 7.07. The zero-order valence-electron chi connectivity index (χ0n) is 19.9. The SMILES string of the molecule is CC(C)N(CC(=O)N1CCC(C(N)=O)CC1)C1(Cc2cccc(Cl)c2)C(=O)Nc2cc(Cl)ccc21. The maximum Gasteiger partial charge on any atom is 0.249 e. The van der Waals surface area contributed by atoms with Gasteiger partial charge >= 0.3 is 0 Å². The third-order valence-corrected chi connectivity index (χ3v) is 7.54. The van der Waals surface area contributed by atoms with Crippen molar-refractivity contribution >= 4 is 46.6 Å². The summed E-state index contributed by atoms with van der Waals surface area (Å²) in [6.45, 7) is 4.95. The summed E-state index contributed by atoms with van der Waals surface area (Å²) < 4.78 is 0. The first-order valence-electron chi connectivity index (χ1n) is 11.8. The van der Waals surface area contributed by atoms with E-state index in [4.69, 9.17) is 28.9 Å². The molecule has 3 N–H and O–H groups in total. The Morgan fingerprint density at radius 3 is 2.46 bits per heavy atom. The number of fused-ring (bicyclic) bond motifs is 1. The Morgan fingerprint density at radius 1 is 1.14 bits per heavy atom. The number of nitrogens with one attached hydrogen (secondary N) is 1. The van der Waals surface area contributed by atoms with Crippen molar-refractivity contribution in [1.29, 1.82) is 0 Å². The quantitative estimate of drug-likeness (QED) is 0.584. The van der Waals surface area contributed by atoms with E-state index >= 15 is 0 Å². The van der Waals surface area contributed by atoms with E-state index < -0.39 is 5.54 Å². The lowest BCUT2D eigenvalue weighted by atomic mass is 9.82. The Morgan fingerprint density at radius 2 is 1.83 bits per heavy atom. The van der Waals surface area contributed by atoms with Crippen LogP contribution in [0, 0.1) is 5.92 Å². The van der Waals surface area contributed by atoms with Crippen LogP contribution in [0.2, 0.25) is 10.0 Å². The van der Waals surface area contributed by atoms with Crippen molar-refractivity contribution in [2.75, 3.05) is 25.0 Å². The first-order valence-corrected chi connectivity index (χ1v) is 12.6. The second-order valence-corrected chi connectivity index (χ2v) is 10.5. The predicted octanol–water partition coefficient (Wildman–Crippen LogP) is 3.82. The molecule has 4 rings (SSSR count). The number of primary amides is 1. The molecule has 0 aromatic heterocycles. The van der Waals surface area contributed by atoms with E-state index in [2.05, 4.69) is 5.32 Å². The molecule has 1 saturated heterocycles. The van der Waals surface area contributed by atoms with Gasteiger partial charge in [-0.3, -0.25) is 19.3 Å². The number of benzene rings is 2. The standard InChI is InChI=1S/C26H30Cl2N4O3/c1-16(2)32(15-23(33)31-10-8-18(9-11-31)24(29)34)26(14-17-4-3-5-19(27)12-17)21-7-6-20(28)13-22(21)30-25(26)35/h3-7,12-13,16,18H,8-11,14-15H2,1-2H3,(H2,29,34)(H,30,35). The lowest BCUT2D eigenvalue weighted by molar-refractivity contribution is -0.141. The molecule has 35 heavy (non-hydrogen) atoms. The molecule has 2 aliphatic rings. The summed E-state index contributed by atoms with van der Waals surface area (Å²) in [6.07, 6.45) is 1.44. The van der Waals surface area contributed by atoms with Crippen LogP contribution in [0.15, 0.2) is 42.5 Å². The number of carbonyl (C=O) groups excluding carboxylic acids is 3. The molecule has 7 nitrogen and oxygen atoms in total. The lowest BCUT2D eigenvalue weighted by Crippen LogP contribution is -2.58. The van der Waals surface area contributed by atoms with Gasteiger partial charge in [0, 0.05) is 52.8 Å². The van der Waals surface area contributed by atoms with Crippen molar-refractivity contribution < 1.29 is 14.4 Å². The van der Waals surface area contributed by atoms with Gasteiger partial charge in [0.2, 0.25) is 17.7 Å². The molecular weight excluding hydrogens is 487 g/mol. The Labute approximate surface area is 215 Å². The van der Waals surface area contributed by atoms with Gasteiger partial charge in [-0.05, 0) is 56.5 Å². The van der Waals surface area contributed by atoms with E-state index in [-0.39, 0.29) is 36.2 Å². The first-order chi connectivity index (χ1) is 16.6. The van der Waals surface area contributed by atoms with Crippen molar-refractivity contribution in [3.8, 4) is 0 Å². The highest BCUT2D eigenvalue weighted by atomic mass is 35.5. The summed E-state index contributed by atoms with van der Waals surface area (Å²) in [4.78, 5) is 42.5. The lowest BCUT2D eigenvalue weighted by Gasteiger charge is -2.43. The smallest absolute Gasteiger partial charge is 0.249 e. The molecule has 2 aromatic carbocycles. The number of likely N-dealkylation sites (tertiary alicyclic amines) is 1. The molecule has 2 aliphatic heterocycles. The minimum Gasteiger partial charge on any atom is -0.369 e. The Kier molecular flexibility index (Phi) is 7.40. The maximum atomic E-state index is 13.8. The fourth-order valence-corrected chi connectivity index (χ4v) is 5.64. The van der Waals surface area contributed by atoms with Crippen molar-refractivity contribution in [2.45, 2.75) is 44.7 Å². The van der Waals surface area contributed by atoms with Gasteiger partial charge in [-0.2, -0.15) is 0 Å². The summed E-state index contributed by atoms with van der Waals surface area (Å²) in [5, 5.41) is 4.10. The molecule has 1 atom stereocenters. The highest BCUT2D eigenvalue weighted by Gasteiger charge is 2.52. The van der Waals surface area contributed by atoms with Crippen LogP contribution in [-0.2, 0) is 26.3 Å². The van der Waals surface area contributed by atoms with Crippen LogP contribution >= 0.6 is 23.2 Å². The fraction of sp³-hybridized carbons (Fsp3) is 0.423. The van der Waals surface area contributed by atoms with Crippen molar-refractivity contribution in [3.63, 3.8) is 0 Å². The van der Waals surface area contributed by atoms with Gasteiger partial charge in [0.05, 0.1) is 6.54 Å². The van der Waals surface area contributed by atoms with E-state index in [0.29, 0.717) is 48.1 Å². The molecule has 2 heterocycles. The highest BCUT2D eigenvalue weighted by molar-refractivity contribution is 6.31. The van der Waals surface area contributed by atoms with E-state index in [0.717, 1.165) is 11.1 Å². The molecule has 0 radical (unpaired) electrons. The average Bonchev–Trinajstić information content (AvgIpc) is 3.07. The van der Waals surface area contributed by atoms with Gasteiger partial charge in [0.15, 0.2) is 0 Å². The minimum atomic E-state index is -1.13. The van der Waals surface area contributed by atoms with Crippen molar-refractivity contribution in [2.24, 2.45) is 11.7 Å². The molecule has 1 fully saturated rings. The van der Waals surface area contributed by atoms with Crippen LogP contribution in [0.4, 0.5) is 5.69 Å². The summed E-state index contributed by atoms with van der Waals surface area (Å²) in [5.74, 6) is -0.808. The number of hydrogen-bond donors (Lipinski definition) is 2. The number of nitrogens with two attached hydrogens (primary N) is 1. The summed E-state index contributed by atoms with van der Waals surface area (Å²) in [5.41, 5.74) is 6.63. The largest absolute Gasteiger partial charge is 0.369 e. The second kappa shape index (κ2) is 10.2.